The van der Waals surface area contributed by atoms with Crippen molar-refractivity contribution in [2.24, 2.45) is 0 Å². The number of carboxylic acid groups (broad SMARTS) is 1. The summed E-state index contributed by atoms with van der Waals surface area (Å²) in [7, 11) is 0. The van der Waals surface area contributed by atoms with Crippen molar-refractivity contribution >= 4 is 27.8 Å². The molecule has 7 heteroatoms. The summed E-state index contributed by atoms with van der Waals surface area (Å²) in [5.41, 5.74) is 0.424. The van der Waals surface area contributed by atoms with Crippen molar-refractivity contribution in [3.63, 3.8) is 0 Å². The zero-order valence-electron chi connectivity index (χ0n) is 10.2. The van der Waals surface area contributed by atoms with E-state index < -0.39 is 12.1 Å². The highest BCUT2D eigenvalue weighted by Crippen LogP contribution is 2.16. The summed E-state index contributed by atoms with van der Waals surface area (Å²) in [6.07, 6.45) is 1.76. The Labute approximate surface area is 118 Å². The first-order chi connectivity index (χ1) is 8.97. The van der Waals surface area contributed by atoms with Gasteiger partial charge in [-0.2, -0.15) is 0 Å². The molecule has 2 atom stereocenters. The predicted octanol–water partition coefficient (Wildman–Crippen LogP) is 1.16. The van der Waals surface area contributed by atoms with Gasteiger partial charge in [0.1, 0.15) is 0 Å². The normalized spacial score (nSPS) is 23.2. The van der Waals surface area contributed by atoms with Crippen molar-refractivity contribution in [1.29, 1.82) is 0 Å². The molecule has 0 bridgehead atoms. The Kier molecular flexibility index (Phi) is 4.16. The second-order valence-corrected chi connectivity index (χ2v) is 5.29. The fraction of sp³-hybridized carbons (Fsp3) is 0.417. The van der Waals surface area contributed by atoms with Crippen molar-refractivity contribution in [1.82, 2.24) is 9.88 Å². The maximum Gasteiger partial charge on any atom is 0.334 e. The SMILES string of the molecule is C[C@@H]1CN(C(=O)c2cncc(Br)c2)CC(C(=O)O)O1. The summed E-state index contributed by atoms with van der Waals surface area (Å²) in [4.78, 5) is 28.7. The van der Waals surface area contributed by atoms with Crippen LogP contribution in [0.2, 0.25) is 0 Å². The smallest absolute Gasteiger partial charge is 0.334 e. The van der Waals surface area contributed by atoms with E-state index in [0.29, 0.717) is 16.6 Å². The van der Waals surface area contributed by atoms with E-state index in [2.05, 4.69) is 20.9 Å². The molecule has 0 spiro atoms. The summed E-state index contributed by atoms with van der Waals surface area (Å²) in [6.45, 7) is 2.16. The van der Waals surface area contributed by atoms with Gasteiger partial charge in [-0.15, -0.1) is 0 Å². The average molecular weight is 329 g/mol. The van der Waals surface area contributed by atoms with Crippen LogP contribution in [0.1, 0.15) is 17.3 Å². The first-order valence-electron chi connectivity index (χ1n) is 5.75. The number of rotatable bonds is 2. The number of aliphatic carboxylic acids is 1. The third-order valence-electron chi connectivity index (χ3n) is 2.77. The summed E-state index contributed by atoms with van der Waals surface area (Å²) in [6, 6.07) is 1.66. The first-order valence-corrected chi connectivity index (χ1v) is 6.54. The van der Waals surface area contributed by atoms with Gasteiger partial charge in [0, 0.05) is 23.4 Å². The zero-order valence-corrected chi connectivity index (χ0v) is 11.8. The molecule has 6 nitrogen and oxygen atoms in total. The number of hydrogen-bond donors (Lipinski definition) is 1. The second-order valence-electron chi connectivity index (χ2n) is 4.38. The minimum absolute atomic E-state index is 0.0466. The van der Waals surface area contributed by atoms with Gasteiger partial charge in [-0.05, 0) is 28.9 Å². The number of aromatic nitrogens is 1. The molecule has 2 heterocycles. The second kappa shape index (κ2) is 5.66. The van der Waals surface area contributed by atoms with Gasteiger partial charge in [0.05, 0.1) is 18.2 Å². The van der Waals surface area contributed by atoms with E-state index in [-0.39, 0.29) is 18.6 Å². The lowest BCUT2D eigenvalue weighted by Crippen LogP contribution is -2.51. The third kappa shape index (κ3) is 3.30. The van der Waals surface area contributed by atoms with E-state index in [1.807, 2.05) is 0 Å². The lowest BCUT2D eigenvalue weighted by Gasteiger charge is -2.34. The molecule has 1 aromatic rings. The van der Waals surface area contributed by atoms with Gasteiger partial charge in [0.2, 0.25) is 0 Å². The molecule has 1 aliphatic heterocycles. The number of amides is 1. The Bertz CT molecular complexity index is 508. The maximum absolute atomic E-state index is 12.3. The highest BCUT2D eigenvalue weighted by molar-refractivity contribution is 9.10. The Hall–Kier alpha value is -1.47. The topological polar surface area (TPSA) is 79.7 Å². The minimum atomic E-state index is -1.06. The first kappa shape index (κ1) is 14.0. The van der Waals surface area contributed by atoms with Crippen molar-refractivity contribution in [2.45, 2.75) is 19.1 Å². The molecule has 0 radical (unpaired) electrons. The van der Waals surface area contributed by atoms with E-state index in [4.69, 9.17) is 9.84 Å². The summed E-state index contributed by atoms with van der Waals surface area (Å²) >= 11 is 3.25. The number of carbonyl (C=O) groups excluding carboxylic acids is 1. The molecule has 1 N–H and O–H groups in total. The fourth-order valence-corrected chi connectivity index (χ4v) is 2.33. The highest BCUT2D eigenvalue weighted by Gasteiger charge is 2.33. The Morgan fingerprint density at radius 3 is 2.84 bits per heavy atom. The Morgan fingerprint density at radius 1 is 1.47 bits per heavy atom. The van der Waals surface area contributed by atoms with Gasteiger partial charge in [-0.25, -0.2) is 4.79 Å². The molecule has 0 saturated carbocycles. The quantitative estimate of drug-likeness (QED) is 0.881. The average Bonchev–Trinajstić information content (AvgIpc) is 2.37. The van der Waals surface area contributed by atoms with Gasteiger partial charge in [0.25, 0.3) is 5.91 Å². The maximum atomic E-state index is 12.3. The van der Waals surface area contributed by atoms with Crippen molar-refractivity contribution in [2.75, 3.05) is 13.1 Å². The van der Waals surface area contributed by atoms with Crippen LogP contribution >= 0.6 is 15.9 Å². The van der Waals surface area contributed by atoms with Gasteiger partial charge in [-0.1, -0.05) is 0 Å². The van der Waals surface area contributed by atoms with Crippen LogP contribution in [-0.4, -0.2) is 52.2 Å². The standard InChI is InChI=1S/C12H13BrN2O4/c1-7-5-15(6-10(19-7)12(17)18)11(16)8-2-9(13)4-14-3-8/h2-4,7,10H,5-6H2,1H3,(H,17,18)/t7-,10?/m1/s1. The minimum Gasteiger partial charge on any atom is -0.479 e. The number of pyridine rings is 1. The van der Waals surface area contributed by atoms with E-state index >= 15 is 0 Å². The number of carbonyl (C=O) groups is 2. The Morgan fingerprint density at radius 2 is 2.21 bits per heavy atom. The monoisotopic (exact) mass is 328 g/mol. The van der Waals surface area contributed by atoms with Crippen LogP contribution < -0.4 is 0 Å². The molecule has 102 valence electrons. The number of halogens is 1. The lowest BCUT2D eigenvalue weighted by atomic mass is 10.1. The summed E-state index contributed by atoms with van der Waals surface area (Å²) in [5, 5.41) is 8.99. The highest BCUT2D eigenvalue weighted by atomic mass is 79.9. The van der Waals surface area contributed by atoms with Gasteiger partial charge in [0.15, 0.2) is 6.10 Å². The number of morpholine rings is 1. The molecule has 2 rings (SSSR count). The molecule has 1 fully saturated rings. The van der Waals surface area contributed by atoms with Crippen LogP contribution in [0.25, 0.3) is 0 Å². The molecule has 1 aliphatic rings. The van der Waals surface area contributed by atoms with Crippen LogP contribution in [0.5, 0.6) is 0 Å². The molecule has 0 aliphatic carbocycles. The number of hydrogen-bond acceptors (Lipinski definition) is 4. The van der Waals surface area contributed by atoms with Crippen molar-refractivity contribution < 1.29 is 19.4 Å². The van der Waals surface area contributed by atoms with E-state index in [9.17, 15) is 9.59 Å². The molecule has 19 heavy (non-hydrogen) atoms. The van der Waals surface area contributed by atoms with E-state index in [0.717, 1.165) is 0 Å². The van der Waals surface area contributed by atoms with Crippen LogP contribution in [-0.2, 0) is 9.53 Å². The fourth-order valence-electron chi connectivity index (χ4n) is 1.97. The largest absolute Gasteiger partial charge is 0.479 e. The van der Waals surface area contributed by atoms with E-state index in [1.54, 1.807) is 19.2 Å². The molecular weight excluding hydrogens is 316 g/mol. The molecule has 1 amide bonds. The van der Waals surface area contributed by atoms with Gasteiger partial charge < -0.3 is 14.7 Å². The molecule has 0 aromatic carbocycles. The molecular formula is C12H13BrN2O4. The molecule has 1 aromatic heterocycles. The van der Waals surface area contributed by atoms with Gasteiger partial charge >= 0.3 is 5.97 Å². The number of carboxylic acids is 1. The van der Waals surface area contributed by atoms with Crippen molar-refractivity contribution in [3.8, 4) is 0 Å². The van der Waals surface area contributed by atoms with Gasteiger partial charge in [-0.3, -0.25) is 9.78 Å². The zero-order chi connectivity index (χ0) is 14.0. The Balaban J connectivity index is 2.16. The van der Waals surface area contributed by atoms with Crippen molar-refractivity contribution in [3.05, 3.63) is 28.5 Å². The van der Waals surface area contributed by atoms with Crippen LogP contribution in [0.15, 0.2) is 22.9 Å². The predicted molar refractivity (Wildman–Crippen MR) is 69.8 cm³/mol. The molecule has 1 saturated heterocycles. The number of ether oxygens (including phenoxy) is 1. The summed E-state index contributed by atoms with van der Waals surface area (Å²) in [5.74, 6) is -1.30. The lowest BCUT2D eigenvalue weighted by molar-refractivity contribution is -0.160. The van der Waals surface area contributed by atoms with E-state index in [1.165, 1.54) is 11.1 Å². The van der Waals surface area contributed by atoms with Crippen LogP contribution in [0.3, 0.4) is 0 Å². The van der Waals surface area contributed by atoms with Crippen LogP contribution in [0, 0.1) is 0 Å². The summed E-state index contributed by atoms with van der Waals surface area (Å²) < 4.78 is 5.97. The molecule has 1 unspecified atom stereocenters. The number of nitrogens with zero attached hydrogens (tertiary/aromatic N) is 2. The van der Waals surface area contributed by atoms with Crippen LogP contribution in [0.4, 0.5) is 0 Å². The third-order valence-corrected chi connectivity index (χ3v) is 3.21.